The Labute approximate surface area is 105 Å². The van der Waals surface area contributed by atoms with Crippen molar-refractivity contribution in [2.75, 3.05) is 6.61 Å². The van der Waals surface area contributed by atoms with Gasteiger partial charge in [-0.3, -0.25) is 4.79 Å². The number of ether oxygens (including phenoxy) is 1. The molecule has 1 amide bonds. The molecule has 0 aromatic heterocycles. The van der Waals surface area contributed by atoms with Crippen LogP contribution < -0.4 is 5.32 Å². The van der Waals surface area contributed by atoms with E-state index in [-0.39, 0.29) is 24.8 Å². The second kappa shape index (κ2) is 6.74. The van der Waals surface area contributed by atoms with Crippen molar-refractivity contribution < 1.29 is 18.7 Å². The molecular weight excluding hydrogens is 237 g/mol. The number of carbonyl (C=O) groups excluding carboxylic acids is 2. The molecule has 1 aromatic rings. The zero-order valence-electron chi connectivity index (χ0n) is 10.4. The summed E-state index contributed by atoms with van der Waals surface area (Å²) >= 11 is 0. The molecule has 1 aromatic carbocycles. The Hall–Kier alpha value is -1.91. The highest BCUT2D eigenvalue weighted by molar-refractivity contribution is 5.83. The Bertz CT molecular complexity index is 434. The van der Waals surface area contributed by atoms with Gasteiger partial charge in [-0.05, 0) is 24.6 Å². The fourth-order valence-corrected chi connectivity index (χ4v) is 1.58. The highest BCUT2D eigenvalue weighted by atomic mass is 19.1. The lowest BCUT2D eigenvalue weighted by Crippen LogP contribution is -2.42. The van der Waals surface area contributed by atoms with Crippen molar-refractivity contribution >= 4 is 11.9 Å². The van der Waals surface area contributed by atoms with Gasteiger partial charge in [0, 0.05) is 13.3 Å². The first-order valence-electron chi connectivity index (χ1n) is 5.71. The lowest BCUT2D eigenvalue weighted by molar-refractivity contribution is -0.147. The van der Waals surface area contributed by atoms with E-state index in [1.54, 1.807) is 19.1 Å². The molecule has 0 heterocycles. The van der Waals surface area contributed by atoms with Gasteiger partial charge in [0.25, 0.3) is 0 Å². The van der Waals surface area contributed by atoms with Crippen molar-refractivity contribution in [3.8, 4) is 0 Å². The van der Waals surface area contributed by atoms with Crippen LogP contribution in [0.5, 0.6) is 0 Å². The van der Waals surface area contributed by atoms with Gasteiger partial charge in [0.2, 0.25) is 5.91 Å². The van der Waals surface area contributed by atoms with Crippen LogP contribution >= 0.6 is 0 Å². The summed E-state index contributed by atoms with van der Waals surface area (Å²) in [7, 11) is 0. The Balaban J connectivity index is 2.77. The molecule has 0 aliphatic carbocycles. The molecule has 1 unspecified atom stereocenters. The van der Waals surface area contributed by atoms with Gasteiger partial charge < -0.3 is 10.1 Å². The average Bonchev–Trinajstić information content (AvgIpc) is 2.28. The van der Waals surface area contributed by atoms with Crippen molar-refractivity contribution in [2.24, 2.45) is 0 Å². The maximum Gasteiger partial charge on any atom is 0.328 e. The van der Waals surface area contributed by atoms with Gasteiger partial charge >= 0.3 is 5.97 Å². The minimum atomic E-state index is -0.788. The zero-order chi connectivity index (χ0) is 13.5. The molecule has 1 atom stereocenters. The number of hydrogen-bond donors (Lipinski definition) is 1. The maximum absolute atomic E-state index is 13.0. The van der Waals surface area contributed by atoms with Crippen LogP contribution in [-0.2, 0) is 20.7 Å². The van der Waals surface area contributed by atoms with E-state index in [1.807, 2.05) is 0 Å². The van der Waals surface area contributed by atoms with Crippen molar-refractivity contribution in [2.45, 2.75) is 26.3 Å². The number of rotatable bonds is 5. The van der Waals surface area contributed by atoms with E-state index in [0.29, 0.717) is 5.56 Å². The summed E-state index contributed by atoms with van der Waals surface area (Å²) in [4.78, 5) is 22.7. The number of hydrogen-bond acceptors (Lipinski definition) is 3. The first-order chi connectivity index (χ1) is 8.52. The molecule has 98 valence electrons. The normalized spacial score (nSPS) is 11.7. The van der Waals surface area contributed by atoms with Gasteiger partial charge in [0.1, 0.15) is 11.9 Å². The van der Waals surface area contributed by atoms with Crippen molar-refractivity contribution in [1.82, 2.24) is 5.32 Å². The Kier molecular flexibility index (Phi) is 5.30. The minimum Gasteiger partial charge on any atom is -0.464 e. The van der Waals surface area contributed by atoms with Crippen LogP contribution in [0.2, 0.25) is 0 Å². The molecule has 1 N–H and O–H groups in total. The summed E-state index contributed by atoms with van der Waals surface area (Å²) in [6.45, 7) is 3.24. The van der Waals surface area contributed by atoms with Crippen LogP contribution in [0.25, 0.3) is 0 Å². The summed E-state index contributed by atoms with van der Waals surface area (Å²) < 4.78 is 17.9. The highest BCUT2D eigenvalue weighted by Crippen LogP contribution is 2.07. The number of amides is 1. The smallest absolute Gasteiger partial charge is 0.328 e. The molecule has 0 spiro atoms. The molecule has 18 heavy (non-hydrogen) atoms. The van der Waals surface area contributed by atoms with E-state index in [4.69, 9.17) is 4.74 Å². The molecule has 0 saturated carbocycles. The van der Waals surface area contributed by atoms with Crippen molar-refractivity contribution in [3.63, 3.8) is 0 Å². The quantitative estimate of drug-likeness (QED) is 0.808. The second-order valence-electron chi connectivity index (χ2n) is 3.84. The molecule has 5 heteroatoms. The summed E-state index contributed by atoms with van der Waals surface area (Å²) in [5.74, 6) is -1.22. The van der Waals surface area contributed by atoms with Crippen molar-refractivity contribution in [1.29, 1.82) is 0 Å². The summed E-state index contributed by atoms with van der Waals surface area (Å²) in [6.07, 6.45) is 0.205. The highest BCUT2D eigenvalue weighted by Gasteiger charge is 2.21. The number of nitrogens with one attached hydrogen (secondary N) is 1. The van der Waals surface area contributed by atoms with Gasteiger partial charge in [0.05, 0.1) is 6.61 Å². The number of benzene rings is 1. The Morgan fingerprint density at radius 2 is 2.17 bits per heavy atom. The lowest BCUT2D eigenvalue weighted by atomic mass is 10.1. The van der Waals surface area contributed by atoms with E-state index in [0.717, 1.165) is 0 Å². The summed E-state index contributed by atoms with van der Waals surface area (Å²) in [5, 5.41) is 2.50. The van der Waals surface area contributed by atoms with Crippen LogP contribution in [0.4, 0.5) is 4.39 Å². The van der Waals surface area contributed by atoms with Crippen LogP contribution in [-0.4, -0.2) is 24.5 Å². The summed E-state index contributed by atoms with van der Waals surface area (Å²) in [6, 6.07) is 5.11. The fourth-order valence-electron chi connectivity index (χ4n) is 1.58. The predicted octanol–water partition coefficient (Wildman–Crippen LogP) is 1.44. The van der Waals surface area contributed by atoms with E-state index in [1.165, 1.54) is 19.1 Å². The molecule has 0 saturated heterocycles. The van der Waals surface area contributed by atoms with Crippen molar-refractivity contribution in [3.05, 3.63) is 35.6 Å². The third kappa shape index (κ3) is 4.53. The number of halogens is 1. The van der Waals surface area contributed by atoms with E-state index < -0.39 is 12.0 Å². The molecule has 4 nitrogen and oxygen atoms in total. The van der Waals surface area contributed by atoms with Gasteiger partial charge in [-0.2, -0.15) is 0 Å². The van der Waals surface area contributed by atoms with Crippen LogP contribution in [0.15, 0.2) is 24.3 Å². The monoisotopic (exact) mass is 253 g/mol. The van der Waals surface area contributed by atoms with Crippen LogP contribution in [0.3, 0.4) is 0 Å². The topological polar surface area (TPSA) is 55.4 Å². The van der Waals surface area contributed by atoms with Gasteiger partial charge in [0.15, 0.2) is 0 Å². The molecule has 0 radical (unpaired) electrons. The Morgan fingerprint density at radius 1 is 1.44 bits per heavy atom. The predicted molar refractivity (Wildman–Crippen MR) is 64.3 cm³/mol. The average molecular weight is 253 g/mol. The zero-order valence-corrected chi connectivity index (χ0v) is 10.4. The first-order valence-corrected chi connectivity index (χ1v) is 5.71. The van der Waals surface area contributed by atoms with Gasteiger partial charge in [-0.25, -0.2) is 9.18 Å². The SMILES string of the molecule is CCOC(=O)C(Cc1cccc(F)c1)NC(C)=O. The minimum absolute atomic E-state index is 0.205. The van der Waals surface area contributed by atoms with Crippen LogP contribution in [0.1, 0.15) is 19.4 Å². The third-order valence-corrected chi connectivity index (χ3v) is 2.28. The molecule has 0 aliphatic heterocycles. The van der Waals surface area contributed by atoms with E-state index >= 15 is 0 Å². The largest absolute Gasteiger partial charge is 0.464 e. The number of carbonyl (C=O) groups is 2. The molecule has 0 aliphatic rings. The van der Waals surface area contributed by atoms with E-state index in [2.05, 4.69) is 5.32 Å². The number of esters is 1. The Morgan fingerprint density at radius 3 is 2.72 bits per heavy atom. The third-order valence-electron chi connectivity index (χ3n) is 2.28. The standard InChI is InChI=1S/C13H16FNO3/c1-3-18-13(17)12(15-9(2)16)8-10-5-4-6-11(14)7-10/h4-7,12H,3,8H2,1-2H3,(H,15,16). The fraction of sp³-hybridized carbons (Fsp3) is 0.385. The molecule has 0 fully saturated rings. The van der Waals surface area contributed by atoms with Gasteiger partial charge in [-0.1, -0.05) is 12.1 Å². The maximum atomic E-state index is 13.0. The molecular formula is C13H16FNO3. The first kappa shape index (κ1) is 14.2. The molecule has 0 bridgehead atoms. The molecule has 1 rings (SSSR count). The second-order valence-corrected chi connectivity index (χ2v) is 3.84. The van der Waals surface area contributed by atoms with Gasteiger partial charge in [-0.15, -0.1) is 0 Å². The van der Waals surface area contributed by atoms with Crippen LogP contribution in [0, 0.1) is 5.82 Å². The summed E-state index contributed by atoms with van der Waals surface area (Å²) in [5.41, 5.74) is 0.627. The lowest BCUT2D eigenvalue weighted by Gasteiger charge is -2.16. The van der Waals surface area contributed by atoms with E-state index in [9.17, 15) is 14.0 Å².